The molecule has 2 heterocycles. The molecule has 3 rings (SSSR count). The van der Waals surface area contributed by atoms with Crippen LogP contribution in [0.1, 0.15) is 10.4 Å². The third kappa shape index (κ3) is 2.18. The molecule has 0 unspecified atom stereocenters. The highest BCUT2D eigenvalue weighted by Crippen LogP contribution is 2.26. The van der Waals surface area contributed by atoms with E-state index in [4.69, 9.17) is 0 Å². The number of nitrogens with one attached hydrogen (secondary N) is 1. The Hall–Kier alpha value is -1.89. The highest BCUT2D eigenvalue weighted by atomic mass is 127. The molecule has 0 fully saturated rings. The number of hydrogen-bond donors (Lipinski definition) is 1. The van der Waals surface area contributed by atoms with Crippen LogP contribution in [-0.2, 0) is 0 Å². The van der Waals surface area contributed by atoms with Crippen LogP contribution in [0.2, 0.25) is 0 Å². The molecule has 0 aliphatic heterocycles. The summed E-state index contributed by atoms with van der Waals surface area (Å²) in [7, 11) is 1.63. The van der Waals surface area contributed by atoms with Gasteiger partial charge >= 0.3 is 0 Å². The van der Waals surface area contributed by atoms with Crippen LogP contribution >= 0.6 is 22.6 Å². The van der Waals surface area contributed by atoms with Crippen molar-refractivity contribution in [2.75, 3.05) is 7.05 Å². The van der Waals surface area contributed by atoms with E-state index < -0.39 is 0 Å². The van der Waals surface area contributed by atoms with E-state index in [1.807, 2.05) is 48.7 Å². The Kier molecular flexibility index (Phi) is 3.43. The van der Waals surface area contributed by atoms with Crippen molar-refractivity contribution < 1.29 is 4.79 Å². The van der Waals surface area contributed by atoms with Gasteiger partial charge in [-0.1, -0.05) is 30.3 Å². The van der Waals surface area contributed by atoms with Gasteiger partial charge in [-0.05, 0) is 34.7 Å². The van der Waals surface area contributed by atoms with Crippen LogP contribution in [0, 0.1) is 3.57 Å². The standard InChI is InChI=1S/C15H12IN3O/c1-17-15(20)13-12-8-7-11(16)9-19(12)18-14(13)10-5-3-2-4-6-10/h2-9H,1H3,(H,17,20). The predicted octanol–water partition coefficient (Wildman–Crippen LogP) is 2.97. The number of fused-ring (bicyclic) bond motifs is 1. The number of benzene rings is 1. The third-order valence-electron chi connectivity index (χ3n) is 3.09. The number of amides is 1. The fraction of sp³-hybridized carbons (Fsp3) is 0.0667. The monoisotopic (exact) mass is 377 g/mol. The molecule has 0 spiro atoms. The molecule has 4 nitrogen and oxygen atoms in total. The number of carbonyl (C=O) groups excluding carboxylic acids is 1. The molecule has 0 saturated carbocycles. The first kappa shape index (κ1) is 13.1. The van der Waals surface area contributed by atoms with Crippen LogP contribution in [0.5, 0.6) is 0 Å². The summed E-state index contributed by atoms with van der Waals surface area (Å²) in [4.78, 5) is 12.2. The maximum absolute atomic E-state index is 12.2. The zero-order valence-corrected chi connectivity index (χ0v) is 13.0. The molecule has 0 saturated heterocycles. The summed E-state index contributed by atoms with van der Waals surface area (Å²) < 4.78 is 2.83. The molecule has 100 valence electrons. The molecule has 0 bridgehead atoms. The molecule has 2 aromatic heterocycles. The first-order chi connectivity index (χ1) is 9.70. The Bertz CT molecular complexity index is 780. The van der Waals surface area contributed by atoms with Crippen molar-refractivity contribution in [3.63, 3.8) is 0 Å². The number of hydrogen-bond acceptors (Lipinski definition) is 2. The van der Waals surface area contributed by atoms with E-state index in [1.54, 1.807) is 11.6 Å². The lowest BCUT2D eigenvalue weighted by atomic mass is 10.1. The lowest BCUT2D eigenvalue weighted by Gasteiger charge is -2.01. The highest BCUT2D eigenvalue weighted by molar-refractivity contribution is 14.1. The second-order valence-electron chi connectivity index (χ2n) is 4.35. The number of aromatic nitrogens is 2. The maximum Gasteiger partial charge on any atom is 0.255 e. The van der Waals surface area contributed by atoms with E-state index in [9.17, 15) is 4.79 Å². The average Bonchev–Trinajstić information content (AvgIpc) is 2.85. The fourth-order valence-electron chi connectivity index (χ4n) is 2.17. The molecule has 0 aliphatic rings. The average molecular weight is 377 g/mol. The molecule has 1 aromatic carbocycles. The van der Waals surface area contributed by atoms with Crippen LogP contribution in [0.4, 0.5) is 0 Å². The van der Waals surface area contributed by atoms with Crippen molar-refractivity contribution in [1.29, 1.82) is 0 Å². The minimum Gasteiger partial charge on any atom is -0.355 e. The van der Waals surface area contributed by atoms with Gasteiger partial charge in [0.25, 0.3) is 5.91 Å². The summed E-state index contributed by atoms with van der Waals surface area (Å²) in [5.41, 5.74) is 3.05. The van der Waals surface area contributed by atoms with Crippen molar-refractivity contribution in [1.82, 2.24) is 14.9 Å². The topological polar surface area (TPSA) is 46.4 Å². The molecule has 1 N–H and O–H groups in total. The first-order valence-corrected chi connectivity index (χ1v) is 7.24. The number of nitrogens with zero attached hydrogens (tertiary/aromatic N) is 2. The van der Waals surface area contributed by atoms with Crippen molar-refractivity contribution in [3.05, 3.63) is 57.8 Å². The Morgan fingerprint density at radius 2 is 1.95 bits per heavy atom. The second-order valence-corrected chi connectivity index (χ2v) is 5.59. The summed E-state index contributed by atoms with van der Waals surface area (Å²) in [5, 5.41) is 7.25. The lowest BCUT2D eigenvalue weighted by Crippen LogP contribution is -2.18. The summed E-state index contributed by atoms with van der Waals surface area (Å²) >= 11 is 2.23. The van der Waals surface area contributed by atoms with Gasteiger partial charge in [0.2, 0.25) is 0 Å². The zero-order chi connectivity index (χ0) is 14.1. The van der Waals surface area contributed by atoms with Gasteiger partial charge < -0.3 is 5.32 Å². The molecule has 5 heteroatoms. The Labute approximate surface area is 129 Å². The molecule has 1 amide bonds. The minimum atomic E-state index is -0.125. The SMILES string of the molecule is CNC(=O)c1c(-c2ccccc2)nn2cc(I)ccc12. The van der Waals surface area contributed by atoms with Crippen LogP contribution in [0.25, 0.3) is 16.8 Å². The van der Waals surface area contributed by atoms with Gasteiger partial charge in [0.05, 0.1) is 11.1 Å². The largest absolute Gasteiger partial charge is 0.355 e. The smallest absolute Gasteiger partial charge is 0.255 e. The fourth-order valence-corrected chi connectivity index (χ4v) is 2.61. The van der Waals surface area contributed by atoms with Gasteiger partial charge in [0.1, 0.15) is 5.69 Å². The van der Waals surface area contributed by atoms with E-state index in [0.717, 1.165) is 14.7 Å². The summed E-state index contributed by atoms with van der Waals surface area (Å²) in [6.07, 6.45) is 1.91. The van der Waals surface area contributed by atoms with Crippen LogP contribution in [0.3, 0.4) is 0 Å². The van der Waals surface area contributed by atoms with Crippen LogP contribution < -0.4 is 5.32 Å². The van der Waals surface area contributed by atoms with Crippen LogP contribution in [0.15, 0.2) is 48.7 Å². The first-order valence-electron chi connectivity index (χ1n) is 6.16. The van der Waals surface area contributed by atoms with Crippen LogP contribution in [-0.4, -0.2) is 22.6 Å². The highest BCUT2D eigenvalue weighted by Gasteiger charge is 2.19. The molecular weight excluding hydrogens is 365 g/mol. The number of pyridine rings is 1. The predicted molar refractivity (Wildman–Crippen MR) is 86.7 cm³/mol. The van der Waals surface area contributed by atoms with Gasteiger partial charge in [0, 0.05) is 22.4 Å². The zero-order valence-electron chi connectivity index (χ0n) is 10.8. The molecule has 0 radical (unpaired) electrons. The lowest BCUT2D eigenvalue weighted by molar-refractivity contribution is 0.0965. The van der Waals surface area contributed by atoms with Crippen molar-refractivity contribution in [2.24, 2.45) is 0 Å². The molecule has 0 aliphatic carbocycles. The van der Waals surface area contributed by atoms with E-state index in [2.05, 4.69) is 33.0 Å². The summed E-state index contributed by atoms with van der Waals surface area (Å²) in [6.45, 7) is 0. The third-order valence-corrected chi connectivity index (χ3v) is 3.73. The van der Waals surface area contributed by atoms with Crippen molar-refractivity contribution in [3.8, 4) is 11.3 Å². The summed E-state index contributed by atoms with van der Waals surface area (Å²) in [6, 6.07) is 13.6. The number of rotatable bonds is 2. The molecule has 20 heavy (non-hydrogen) atoms. The van der Waals surface area contributed by atoms with Gasteiger partial charge in [-0.3, -0.25) is 4.79 Å². The quantitative estimate of drug-likeness (QED) is 0.699. The minimum absolute atomic E-state index is 0.125. The Balaban J connectivity index is 2.33. The Morgan fingerprint density at radius 3 is 2.65 bits per heavy atom. The van der Waals surface area contributed by atoms with Gasteiger partial charge in [-0.25, -0.2) is 4.52 Å². The summed E-state index contributed by atoms with van der Waals surface area (Å²) in [5.74, 6) is -0.125. The molecular formula is C15H12IN3O. The number of halogens is 1. The van der Waals surface area contributed by atoms with Crippen molar-refractivity contribution >= 4 is 34.0 Å². The normalized spacial score (nSPS) is 10.7. The molecule has 0 atom stereocenters. The Morgan fingerprint density at radius 1 is 1.20 bits per heavy atom. The second kappa shape index (κ2) is 5.24. The molecule has 3 aromatic rings. The van der Waals surface area contributed by atoms with E-state index in [-0.39, 0.29) is 5.91 Å². The van der Waals surface area contributed by atoms with E-state index in [0.29, 0.717) is 11.3 Å². The number of carbonyl (C=O) groups is 1. The van der Waals surface area contributed by atoms with E-state index in [1.165, 1.54) is 0 Å². The van der Waals surface area contributed by atoms with Gasteiger partial charge in [0.15, 0.2) is 0 Å². The van der Waals surface area contributed by atoms with Crippen molar-refractivity contribution in [2.45, 2.75) is 0 Å². The van der Waals surface area contributed by atoms with E-state index >= 15 is 0 Å². The van der Waals surface area contributed by atoms with Gasteiger partial charge in [-0.15, -0.1) is 0 Å². The maximum atomic E-state index is 12.2. The van der Waals surface area contributed by atoms with Gasteiger partial charge in [-0.2, -0.15) is 5.10 Å².